The largest absolute Gasteiger partial charge is 0.0654 e. The smallest absolute Gasteiger partial charge is 0.0391 e. The first-order chi connectivity index (χ1) is 9.72. The third-order valence-electron chi connectivity index (χ3n) is 4.70. The van der Waals surface area contributed by atoms with Crippen molar-refractivity contribution in [3.8, 4) is 0 Å². The number of hydrogen-bond donors (Lipinski definition) is 0. The van der Waals surface area contributed by atoms with E-state index in [2.05, 4.69) is 27.7 Å². The Morgan fingerprint density at radius 1 is 0.650 bits per heavy atom. The summed E-state index contributed by atoms with van der Waals surface area (Å²) >= 11 is 0. The van der Waals surface area contributed by atoms with Gasteiger partial charge in [0.15, 0.2) is 0 Å². The van der Waals surface area contributed by atoms with Crippen molar-refractivity contribution in [3.63, 3.8) is 0 Å². The molecule has 1 atom stereocenters. The molecule has 0 saturated carbocycles. The molecule has 0 heterocycles. The number of hydrogen-bond acceptors (Lipinski definition) is 0. The Morgan fingerprint density at radius 2 is 1.10 bits per heavy atom. The van der Waals surface area contributed by atoms with Crippen LogP contribution in [0.3, 0.4) is 0 Å². The van der Waals surface area contributed by atoms with Gasteiger partial charge in [0.1, 0.15) is 0 Å². The van der Waals surface area contributed by atoms with Crippen molar-refractivity contribution in [2.75, 3.05) is 0 Å². The predicted octanol–water partition coefficient (Wildman–Crippen LogP) is 7.57. The molecule has 0 amide bonds. The Kier molecular flexibility index (Phi) is 15.4. The fourth-order valence-corrected chi connectivity index (χ4v) is 3.14. The average Bonchev–Trinajstić information content (AvgIpc) is 2.43. The molecule has 0 aromatic rings. The summed E-state index contributed by atoms with van der Waals surface area (Å²) in [6, 6.07) is 0. The highest BCUT2D eigenvalue weighted by molar-refractivity contribution is 4.64. The lowest BCUT2D eigenvalue weighted by Crippen LogP contribution is -2.08. The fraction of sp³-hybridized carbons (Fsp3) is 0.950. The van der Waals surface area contributed by atoms with Crippen molar-refractivity contribution in [2.45, 2.75) is 111 Å². The van der Waals surface area contributed by atoms with E-state index in [9.17, 15) is 0 Å². The molecule has 121 valence electrons. The van der Waals surface area contributed by atoms with Crippen molar-refractivity contribution >= 4 is 0 Å². The summed E-state index contributed by atoms with van der Waals surface area (Å²) in [6.45, 7) is 11.1. The second-order valence-electron chi connectivity index (χ2n) is 6.97. The summed E-state index contributed by atoms with van der Waals surface area (Å²) in [5, 5.41) is 0. The van der Waals surface area contributed by atoms with E-state index >= 15 is 0 Å². The van der Waals surface area contributed by atoms with Gasteiger partial charge in [0.2, 0.25) is 0 Å². The monoisotopic (exact) mass is 281 g/mol. The fourth-order valence-electron chi connectivity index (χ4n) is 3.14. The molecule has 0 aromatic heterocycles. The molecule has 0 N–H and O–H groups in total. The van der Waals surface area contributed by atoms with Gasteiger partial charge in [-0.15, -0.1) is 0 Å². The first-order valence-corrected chi connectivity index (χ1v) is 9.51. The summed E-state index contributed by atoms with van der Waals surface area (Å²) in [5.74, 6) is 1.77. The molecular formula is C20H41. The molecule has 0 spiro atoms. The standard InChI is InChI=1S/C20H41/c1-5-7-8-9-10-11-12-13-14-15-16-18-20(17-6-2)19(3)4/h19-20H,2,5-18H2,1,3-4H3. The molecule has 0 aliphatic carbocycles. The van der Waals surface area contributed by atoms with Crippen LogP contribution in [0.5, 0.6) is 0 Å². The van der Waals surface area contributed by atoms with Crippen molar-refractivity contribution in [1.29, 1.82) is 0 Å². The van der Waals surface area contributed by atoms with Crippen LogP contribution in [0.25, 0.3) is 0 Å². The maximum absolute atomic E-state index is 4.01. The summed E-state index contributed by atoms with van der Waals surface area (Å²) in [5.41, 5.74) is 0. The number of rotatable bonds is 15. The predicted molar refractivity (Wildman–Crippen MR) is 94.0 cm³/mol. The SMILES string of the molecule is [CH2]CCC(CCCCCCCCCCCCC)C(C)C. The minimum absolute atomic E-state index is 0.847. The van der Waals surface area contributed by atoms with E-state index in [4.69, 9.17) is 0 Å². The van der Waals surface area contributed by atoms with Gasteiger partial charge in [0.25, 0.3) is 0 Å². The van der Waals surface area contributed by atoms with Gasteiger partial charge in [-0.1, -0.05) is 118 Å². The van der Waals surface area contributed by atoms with Gasteiger partial charge < -0.3 is 0 Å². The molecule has 0 nitrogen and oxygen atoms in total. The zero-order valence-corrected chi connectivity index (χ0v) is 14.8. The molecule has 0 heteroatoms. The van der Waals surface area contributed by atoms with Crippen LogP contribution in [0.1, 0.15) is 111 Å². The minimum atomic E-state index is 0.847. The van der Waals surface area contributed by atoms with Crippen LogP contribution in [0.4, 0.5) is 0 Å². The minimum Gasteiger partial charge on any atom is -0.0654 e. The normalized spacial score (nSPS) is 13.1. The van der Waals surface area contributed by atoms with Crippen molar-refractivity contribution < 1.29 is 0 Å². The highest BCUT2D eigenvalue weighted by atomic mass is 14.2. The summed E-state index contributed by atoms with van der Waals surface area (Å²) < 4.78 is 0. The first-order valence-electron chi connectivity index (χ1n) is 9.51. The second kappa shape index (κ2) is 15.4. The molecule has 0 saturated heterocycles. The van der Waals surface area contributed by atoms with Gasteiger partial charge >= 0.3 is 0 Å². The van der Waals surface area contributed by atoms with Gasteiger partial charge in [-0.3, -0.25) is 0 Å². The third-order valence-corrected chi connectivity index (χ3v) is 4.70. The van der Waals surface area contributed by atoms with Gasteiger partial charge in [0.05, 0.1) is 0 Å². The molecule has 0 fully saturated rings. The van der Waals surface area contributed by atoms with Gasteiger partial charge in [-0.05, 0) is 11.8 Å². The topological polar surface area (TPSA) is 0 Å². The lowest BCUT2D eigenvalue weighted by atomic mass is 9.86. The maximum Gasteiger partial charge on any atom is -0.0391 e. The van der Waals surface area contributed by atoms with Crippen molar-refractivity contribution in [1.82, 2.24) is 0 Å². The molecule has 0 rings (SSSR count). The Morgan fingerprint density at radius 3 is 1.50 bits per heavy atom. The quantitative estimate of drug-likeness (QED) is 0.271. The van der Waals surface area contributed by atoms with Crippen LogP contribution in [0.15, 0.2) is 0 Å². The molecule has 0 aromatic carbocycles. The summed E-state index contributed by atoms with van der Waals surface area (Å²) in [4.78, 5) is 0. The van der Waals surface area contributed by atoms with E-state index in [0.717, 1.165) is 18.3 Å². The van der Waals surface area contributed by atoms with E-state index in [1.54, 1.807) is 0 Å². The van der Waals surface area contributed by atoms with Crippen LogP contribution in [0.2, 0.25) is 0 Å². The van der Waals surface area contributed by atoms with Crippen LogP contribution >= 0.6 is 0 Å². The lowest BCUT2D eigenvalue weighted by Gasteiger charge is -2.19. The Hall–Kier alpha value is 0. The molecule has 1 unspecified atom stereocenters. The van der Waals surface area contributed by atoms with E-state index < -0.39 is 0 Å². The maximum atomic E-state index is 4.01. The Labute approximate surface area is 130 Å². The average molecular weight is 282 g/mol. The zero-order valence-electron chi connectivity index (χ0n) is 14.8. The number of unbranched alkanes of at least 4 members (excludes halogenated alkanes) is 10. The third kappa shape index (κ3) is 13.0. The van der Waals surface area contributed by atoms with Crippen molar-refractivity contribution in [2.24, 2.45) is 11.8 Å². The van der Waals surface area contributed by atoms with Crippen LogP contribution in [-0.4, -0.2) is 0 Å². The van der Waals surface area contributed by atoms with E-state index in [0.29, 0.717) is 0 Å². The highest BCUT2D eigenvalue weighted by Gasteiger charge is 2.11. The Bertz CT molecular complexity index is 171. The molecule has 1 radical (unpaired) electrons. The van der Waals surface area contributed by atoms with Gasteiger partial charge in [-0.25, -0.2) is 0 Å². The summed E-state index contributed by atoms with van der Waals surface area (Å²) in [7, 11) is 0. The first kappa shape index (κ1) is 20.0. The lowest BCUT2D eigenvalue weighted by molar-refractivity contribution is 0.325. The highest BCUT2D eigenvalue weighted by Crippen LogP contribution is 2.23. The summed E-state index contributed by atoms with van der Waals surface area (Å²) in [6.07, 6.45) is 19.8. The van der Waals surface area contributed by atoms with Crippen LogP contribution in [-0.2, 0) is 0 Å². The molecule has 0 aliphatic heterocycles. The van der Waals surface area contributed by atoms with Crippen molar-refractivity contribution in [3.05, 3.63) is 6.92 Å². The van der Waals surface area contributed by atoms with Gasteiger partial charge in [0, 0.05) is 0 Å². The molecular weight excluding hydrogens is 240 g/mol. The van der Waals surface area contributed by atoms with E-state index in [1.165, 1.54) is 83.5 Å². The van der Waals surface area contributed by atoms with Crippen LogP contribution in [0, 0.1) is 18.8 Å². The van der Waals surface area contributed by atoms with Crippen LogP contribution < -0.4 is 0 Å². The molecule has 20 heavy (non-hydrogen) atoms. The Balaban J connectivity index is 3.23. The second-order valence-corrected chi connectivity index (χ2v) is 6.97. The zero-order chi connectivity index (χ0) is 15.1. The van der Waals surface area contributed by atoms with E-state index in [-0.39, 0.29) is 0 Å². The van der Waals surface area contributed by atoms with Gasteiger partial charge in [-0.2, -0.15) is 0 Å². The molecule has 0 bridgehead atoms. The molecule has 0 aliphatic rings. The van der Waals surface area contributed by atoms with E-state index in [1.807, 2.05) is 0 Å².